The number of carbonyl (C=O) groups excluding carboxylic acids is 1. The number of ether oxygens (including phenoxy) is 2. The lowest BCUT2D eigenvalue weighted by Crippen LogP contribution is -2.07. The monoisotopic (exact) mass is 293 g/mol. The number of hydrogen-bond acceptors (Lipinski definition) is 6. The standard InChI is InChI=1S/C13H15N3O3S/c1-3-19-13(17)11-12(20)16(15-14-11)8-9-4-6-10(18-2)7-5-9/h4-7,20H,3,8H2,1-2H3. The van der Waals surface area contributed by atoms with E-state index < -0.39 is 5.97 Å². The molecule has 0 spiro atoms. The zero-order valence-corrected chi connectivity index (χ0v) is 12.1. The summed E-state index contributed by atoms with van der Waals surface area (Å²) in [6.45, 7) is 2.49. The topological polar surface area (TPSA) is 66.2 Å². The molecule has 0 N–H and O–H groups in total. The van der Waals surface area contributed by atoms with Gasteiger partial charge in [0.05, 0.1) is 20.3 Å². The van der Waals surface area contributed by atoms with Crippen LogP contribution in [0, 0.1) is 0 Å². The van der Waals surface area contributed by atoms with Crippen molar-refractivity contribution in [3.05, 3.63) is 35.5 Å². The third-order valence-electron chi connectivity index (χ3n) is 2.67. The highest BCUT2D eigenvalue weighted by molar-refractivity contribution is 7.80. The van der Waals surface area contributed by atoms with Crippen molar-refractivity contribution in [1.82, 2.24) is 15.0 Å². The molecule has 0 aliphatic heterocycles. The summed E-state index contributed by atoms with van der Waals surface area (Å²) in [6.07, 6.45) is 0. The fourth-order valence-electron chi connectivity index (χ4n) is 1.65. The molecule has 0 saturated carbocycles. The maximum absolute atomic E-state index is 11.6. The lowest BCUT2D eigenvalue weighted by Gasteiger charge is -2.05. The Morgan fingerprint density at radius 1 is 1.35 bits per heavy atom. The van der Waals surface area contributed by atoms with Gasteiger partial charge in [-0.2, -0.15) is 0 Å². The first kappa shape index (κ1) is 14.4. The summed E-state index contributed by atoms with van der Waals surface area (Å²) in [7, 11) is 1.61. The lowest BCUT2D eigenvalue weighted by molar-refractivity contribution is 0.0515. The number of methoxy groups -OCH3 is 1. The van der Waals surface area contributed by atoms with Crippen molar-refractivity contribution in [3.8, 4) is 5.75 Å². The molecule has 0 bridgehead atoms. The number of carbonyl (C=O) groups is 1. The van der Waals surface area contributed by atoms with Gasteiger partial charge >= 0.3 is 5.97 Å². The van der Waals surface area contributed by atoms with Gasteiger partial charge in [-0.15, -0.1) is 17.7 Å². The normalized spacial score (nSPS) is 10.3. The Labute approximate surface area is 122 Å². The Morgan fingerprint density at radius 3 is 2.65 bits per heavy atom. The second kappa shape index (κ2) is 6.42. The van der Waals surface area contributed by atoms with Crippen molar-refractivity contribution in [3.63, 3.8) is 0 Å². The highest BCUT2D eigenvalue weighted by atomic mass is 32.1. The van der Waals surface area contributed by atoms with Crippen molar-refractivity contribution >= 4 is 18.6 Å². The van der Waals surface area contributed by atoms with Gasteiger partial charge in [-0.1, -0.05) is 17.3 Å². The van der Waals surface area contributed by atoms with Crippen molar-refractivity contribution in [1.29, 1.82) is 0 Å². The maximum Gasteiger partial charge on any atom is 0.361 e. The van der Waals surface area contributed by atoms with Crippen LogP contribution in [0.4, 0.5) is 0 Å². The second-order valence-electron chi connectivity index (χ2n) is 3.99. The molecule has 0 unspecified atom stereocenters. The van der Waals surface area contributed by atoms with Gasteiger partial charge in [0.1, 0.15) is 10.8 Å². The van der Waals surface area contributed by atoms with Gasteiger partial charge in [0.25, 0.3) is 0 Å². The first-order chi connectivity index (χ1) is 9.65. The molecule has 106 valence electrons. The van der Waals surface area contributed by atoms with Crippen LogP contribution in [0.3, 0.4) is 0 Å². The fourth-order valence-corrected chi connectivity index (χ4v) is 1.90. The van der Waals surface area contributed by atoms with Crippen LogP contribution >= 0.6 is 12.6 Å². The van der Waals surface area contributed by atoms with E-state index in [0.717, 1.165) is 11.3 Å². The Kier molecular flexibility index (Phi) is 4.62. The number of nitrogens with zero attached hydrogens (tertiary/aromatic N) is 3. The molecule has 1 heterocycles. The first-order valence-corrected chi connectivity index (χ1v) is 6.53. The molecule has 6 nitrogen and oxygen atoms in total. The maximum atomic E-state index is 11.6. The molecular formula is C13H15N3O3S. The minimum atomic E-state index is -0.515. The average molecular weight is 293 g/mol. The van der Waals surface area contributed by atoms with Gasteiger partial charge in [-0.3, -0.25) is 0 Å². The molecule has 2 aromatic rings. The van der Waals surface area contributed by atoms with E-state index in [4.69, 9.17) is 9.47 Å². The highest BCUT2D eigenvalue weighted by Crippen LogP contribution is 2.16. The van der Waals surface area contributed by atoms with Crippen LogP contribution in [0.5, 0.6) is 5.75 Å². The zero-order valence-electron chi connectivity index (χ0n) is 11.2. The summed E-state index contributed by atoms with van der Waals surface area (Å²) in [5.41, 5.74) is 1.13. The molecule has 0 aliphatic rings. The predicted molar refractivity (Wildman–Crippen MR) is 75.3 cm³/mol. The van der Waals surface area contributed by atoms with Gasteiger partial charge in [0.2, 0.25) is 5.69 Å². The summed E-state index contributed by atoms with van der Waals surface area (Å²) in [5.74, 6) is 0.268. The van der Waals surface area contributed by atoms with Gasteiger partial charge in [0, 0.05) is 0 Å². The fraction of sp³-hybridized carbons (Fsp3) is 0.308. The third kappa shape index (κ3) is 3.11. The van der Waals surface area contributed by atoms with Gasteiger partial charge in [-0.05, 0) is 24.6 Å². The van der Waals surface area contributed by atoms with E-state index in [9.17, 15) is 4.79 Å². The van der Waals surface area contributed by atoms with Crippen LogP contribution in [-0.4, -0.2) is 34.7 Å². The second-order valence-corrected chi connectivity index (χ2v) is 4.41. The number of hydrogen-bond donors (Lipinski definition) is 1. The summed E-state index contributed by atoms with van der Waals surface area (Å²) < 4.78 is 11.5. The Balaban J connectivity index is 2.15. The summed E-state index contributed by atoms with van der Waals surface area (Å²) in [6, 6.07) is 7.54. The molecule has 0 radical (unpaired) electrons. The lowest BCUT2D eigenvalue weighted by atomic mass is 10.2. The van der Waals surface area contributed by atoms with Crippen LogP contribution in [0.2, 0.25) is 0 Å². The quantitative estimate of drug-likeness (QED) is 0.672. The van der Waals surface area contributed by atoms with Crippen LogP contribution in [0.1, 0.15) is 23.0 Å². The molecule has 0 saturated heterocycles. The van der Waals surface area contributed by atoms with Crippen molar-refractivity contribution in [2.75, 3.05) is 13.7 Å². The number of benzene rings is 1. The summed E-state index contributed by atoms with van der Waals surface area (Å²) in [4.78, 5) is 11.6. The highest BCUT2D eigenvalue weighted by Gasteiger charge is 2.18. The van der Waals surface area contributed by atoms with E-state index in [1.807, 2.05) is 24.3 Å². The minimum absolute atomic E-state index is 0.128. The molecule has 0 atom stereocenters. The Hall–Kier alpha value is -2.02. The van der Waals surface area contributed by atoms with Crippen LogP contribution in [-0.2, 0) is 11.3 Å². The van der Waals surface area contributed by atoms with E-state index in [0.29, 0.717) is 11.6 Å². The molecule has 0 amide bonds. The van der Waals surface area contributed by atoms with Crippen LogP contribution in [0.15, 0.2) is 29.3 Å². The van der Waals surface area contributed by atoms with E-state index in [1.54, 1.807) is 14.0 Å². The van der Waals surface area contributed by atoms with Gasteiger partial charge < -0.3 is 9.47 Å². The first-order valence-electron chi connectivity index (χ1n) is 6.08. The van der Waals surface area contributed by atoms with E-state index in [1.165, 1.54) is 4.68 Å². The van der Waals surface area contributed by atoms with E-state index in [2.05, 4.69) is 22.9 Å². The van der Waals surface area contributed by atoms with Crippen molar-refractivity contribution in [2.24, 2.45) is 0 Å². The zero-order chi connectivity index (χ0) is 14.5. The van der Waals surface area contributed by atoms with Crippen molar-refractivity contribution in [2.45, 2.75) is 18.5 Å². The SMILES string of the molecule is CCOC(=O)c1nnn(Cc2ccc(OC)cc2)c1S. The van der Waals surface area contributed by atoms with Crippen LogP contribution in [0.25, 0.3) is 0 Å². The molecule has 0 aliphatic carbocycles. The molecule has 1 aromatic heterocycles. The summed E-state index contributed by atoms with van der Waals surface area (Å²) in [5, 5.41) is 8.10. The smallest absolute Gasteiger partial charge is 0.361 e. The van der Waals surface area contributed by atoms with Crippen molar-refractivity contribution < 1.29 is 14.3 Å². The Morgan fingerprint density at radius 2 is 2.05 bits per heavy atom. The predicted octanol–water partition coefficient (Wildman–Crippen LogP) is 1.80. The van der Waals surface area contributed by atoms with E-state index in [-0.39, 0.29) is 12.3 Å². The molecular weight excluding hydrogens is 278 g/mol. The average Bonchev–Trinajstić information content (AvgIpc) is 2.81. The van der Waals surface area contributed by atoms with Gasteiger partial charge in [0.15, 0.2) is 0 Å². The molecule has 7 heteroatoms. The van der Waals surface area contributed by atoms with Crippen LogP contribution < -0.4 is 4.74 Å². The molecule has 0 fully saturated rings. The van der Waals surface area contributed by atoms with Gasteiger partial charge in [-0.25, -0.2) is 9.48 Å². The number of thiol groups is 1. The van der Waals surface area contributed by atoms with E-state index >= 15 is 0 Å². The number of aromatic nitrogens is 3. The molecule has 20 heavy (non-hydrogen) atoms. The third-order valence-corrected chi connectivity index (χ3v) is 3.11. The summed E-state index contributed by atoms with van der Waals surface area (Å²) >= 11 is 4.28. The minimum Gasteiger partial charge on any atom is -0.497 e. The number of esters is 1. The number of rotatable bonds is 5. The molecule has 1 aromatic carbocycles. The molecule has 2 rings (SSSR count). The largest absolute Gasteiger partial charge is 0.497 e. The Bertz CT molecular complexity index is 595.